The summed E-state index contributed by atoms with van der Waals surface area (Å²) in [4.78, 5) is 10.9. The Morgan fingerprint density at radius 3 is 3.00 bits per heavy atom. The SMILES string of the molecule is CCc1ncnc(NCCc2ccc[nH]2)c1F. The van der Waals surface area contributed by atoms with Gasteiger partial charge in [0.25, 0.3) is 0 Å². The number of hydrogen-bond donors (Lipinski definition) is 2. The van der Waals surface area contributed by atoms with Crippen LogP contribution < -0.4 is 5.32 Å². The molecule has 5 heteroatoms. The van der Waals surface area contributed by atoms with Crippen LogP contribution in [0, 0.1) is 5.82 Å². The molecule has 0 saturated carbocycles. The number of nitrogens with zero attached hydrogens (tertiary/aromatic N) is 2. The Morgan fingerprint density at radius 1 is 1.41 bits per heavy atom. The first-order chi connectivity index (χ1) is 8.31. The van der Waals surface area contributed by atoms with Gasteiger partial charge in [-0.05, 0) is 18.6 Å². The van der Waals surface area contributed by atoms with Crippen LogP contribution in [0.4, 0.5) is 10.2 Å². The maximum atomic E-state index is 13.7. The number of rotatable bonds is 5. The number of aromatic nitrogens is 3. The molecule has 2 N–H and O–H groups in total. The van der Waals surface area contributed by atoms with Crippen LogP contribution in [-0.2, 0) is 12.8 Å². The largest absolute Gasteiger partial charge is 0.367 e. The summed E-state index contributed by atoms with van der Waals surface area (Å²) < 4.78 is 13.7. The highest BCUT2D eigenvalue weighted by atomic mass is 19.1. The zero-order valence-electron chi connectivity index (χ0n) is 9.70. The van der Waals surface area contributed by atoms with Gasteiger partial charge in [-0.25, -0.2) is 14.4 Å². The summed E-state index contributed by atoms with van der Waals surface area (Å²) in [6.45, 7) is 2.51. The van der Waals surface area contributed by atoms with Crippen molar-refractivity contribution in [2.24, 2.45) is 0 Å². The van der Waals surface area contributed by atoms with Crippen molar-refractivity contribution in [3.05, 3.63) is 41.9 Å². The van der Waals surface area contributed by atoms with E-state index in [9.17, 15) is 4.39 Å². The van der Waals surface area contributed by atoms with E-state index in [1.54, 1.807) is 0 Å². The zero-order chi connectivity index (χ0) is 12.1. The number of aryl methyl sites for hydroxylation is 1. The average molecular weight is 234 g/mol. The molecule has 4 nitrogen and oxygen atoms in total. The van der Waals surface area contributed by atoms with Crippen LogP contribution in [0.3, 0.4) is 0 Å². The minimum Gasteiger partial charge on any atom is -0.367 e. The van der Waals surface area contributed by atoms with Gasteiger partial charge in [0.15, 0.2) is 11.6 Å². The summed E-state index contributed by atoms with van der Waals surface area (Å²) in [5.41, 5.74) is 1.56. The smallest absolute Gasteiger partial charge is 0.186 e. The van der Waals surface area contributed by atoms with Gasteiger partial charge in [0, 0.05) is 24.9 Å². The molecule has 2 aromatic rings. The van der Waals surface area contributed by atoms with Crippen LogP contribution in [0.15, 0.2) is 24.7 Å². The van der Waals surface area contributed by atoms with Crippen molar-refractivity contribution in [2.75, 3.05) is 11.9 Å². The van der Waals surface area contributed by atoms with Crippen LogP contribution in [-0.4, -0.2) is 21.5 Å². The molecule has 0 aliphatic heterocycles. The molecule has 0 amide bonds. The second-order valence-corrected chi connectivity index (χ2v) is 3.71. The molecule has 0 aromatic carbocycles. The van der Waals surface area contributed by atoms with Gasteiger partial charge in [0.05, 0.1) is 5.69 Å². The molecule has 0 aliphatic carbocycles. The van der Waals surface area contributed by atoms with E-state index in [2.05, 4.69) is 20.3 Å². The summed E-state index contributed by atoms with van der Waals surface area (Å²) in [5.74, 6) is -0.0649. The van der Waals surface area contributed by atoms with Crippen LogP contribution >= 0.6 is 0 Å². The lowest BCUT2D eigenvalue weighted by Crippen LogP contribution is -2.10. The Hall–Kier alpha value is -1.91. The lowest BCUT2D eigenvalue weighted by molar-refractivity contribution is 0.596. The van der Waals surface area contributed by atoms with Gasteiger partial charge in [0.2, 0.25) is 0 Å². The highest BCUT2D eigenvalue weighted by Gasteiger charge is 2.08. The van der Waals surface area contributed by atoms with E-state index in [1.807, 2.05) is 25.3 Å². The Labute approximate surface area is 99.3 Å². The molecule has 0 aliphatic rings. The molecule has 0 spiro atoms. The van der Waals surface area contributed by atoms with Gasteiger partial charge in [-0.3, -0.25) is 0 Å². The molecule has 2 heterocycles. The fourth-order valence-corrected chi connectivity index (χ4v) is 1.61. The van der Waals surface area contributed by atoms with Gasteiger partial charge >= 0.3 is 0 Å². The van der Waals surface area contributed by atoms with Crippen LogP contribution in [0.25, 0.3) is 0 Å². The van der Waals surface area contributed by atoms with Crippen molar-refractivity contribution >= 4 is 5.82 Å². The first kappa shape index (κ1) is 11.6. The maximum Gasteiger partial charge on any atom is 0.186 e. The second-order valence-electron chi connectivity index (χ2n) is 3.71. The third kappa shape index (κ3) is 2.81. The van der Waals surface area contributed by atoms with Gasteiger partial charge in [-0.2, -0.15) is 0 Å². The third-order valence-corrected chi connectivity index (χ3v) is 2.55. The van der Waals surface area contributed by atoms with E-state index in [4.69, 9.17) is 0 Å². The van der Waals surface area contributed by atoms with Gasteiger partial charge in [-0.15, -0.1) is 0 Å². The fourth-order valence-electron chi connectivity index (χ4n) is 1.61. The molecule has 0 saturated heterocycles. The first-order valence-electron chi connectivity index (χ1n) is 5.66. The van der Waals surface area contributed by atoms with Crippen molar-refractivity contribution < 1.29 is 4.39 Å². The normalized spacial score (nSPS) is 10.5. The van der Waals surface area contributed by atoms with E-state index in [1.165, 1.54) is 6.33 Å². The Morgan fingerprint density at radius 2 is 2.29 bits per heavy atom. The van der Waals surface area contributed by atoms with E-state index in [0.29, 0.717) is 18.7 Å². The standard InChI is InChI=1S/C12H15FN4/c1-2-10-11(13)12(17-8-16-10)15-7-5-9-4-3-6-14-9/h3-4,6,8,14H,2,5,7H2,1H3,(H,15,16,17). The molecule has 90 valence electrons. The van der Waals surface area contributed by atoms with E-state index < -0.39 is 0 Å². The molecule has 2 rings (SSSR count). The van der Waals surface area contributed by atoms with Gasteiger partial charge in [-0.1, -0.05) is 6.92 Å². The summed E-state index contributed by atoms with van der Waals surface area (Å²) in [5, 5.41) is 2.98. The lowest BCUT2D eigenvalue weighted by atomic mass is 10.3. The summed E-state index contributed by atoms with van der Waals surface area (Å²) in [6, 6.07) is 3.94. The predicted molar refractivity (Wildman–Crippen MR) is 64.4 cm³/mol. The number of hydrogen-bond acceptors (Lipinski definition) is 3. The van der Waals surface area contributed by atoms with E-state index in [-0.39, 0.29) is 11.6 Å². The third-order valence-electron chi connectivity index (χ3n) is 2.55. The molecule has 2 aromatic heterocycles. The van der Waals surface area contributed by atoms with Crippen LogP contribution in [0.2, 0.25) is 0 Å². The molecular formula is C12H15FN4. The molecule has 0 radical (unpaired) electrons. The summed E-state index contributed by atoms with van der Waals surface area (Å²) >= 11 is 0. The van der Waals surface area contributed by atoms with E-state index in [0.717, 1.165) is 12.1 Å². The first-order valence-corrected chi connectivity index (χ1v) is 5.66. The quantitative estimate of drug-likeness (QED) is 0.833. The van der Waals surface area contributed by atoms with Gasteiger partial charge in [0.1, 0.15) is 6.33 Å². The van der Waals surface area contributed by atoms with Gasteiger partial charge < -0.3 is 10.3 Å². The fraction of sp³-hybridized carbons (Fsp3) is 0.333. The number of nitrogens with one attached hydrogen (secondary N) is 2. The highest BCUT2D eigenvalue weighted by molar-refractivity contribution is 5.37. The minimum atomic E-state index is -0.346. The van der Waals surface area contributed by atoms with Crippen LogP contribution in [0.5, 0.6) is 0 Å². The minimum absolute atomic E-state index is 0.281. The van der Waals surface area contributed by atoms with Crippen LogP contribution in [0.1, 0.15) is 18.3 Å². The molecule has 0 atom stereocenters. The topological polar surface area (TPSA) is 53.6 Å². The van der Waals surface area contributed by atoms with Crippen molar-refractivity contribution in [3.63, 3.8) is 0 Å². The number of aromatic amines is 1. The monoisotopic (exact) mass is 234 g/mol. The molecule has 0 bridgehead atoms. The lowest BCUT2D eigenvalue weighted by Gasteiger charge is -2.07. The highest BCUT2D eigenvalue weighted by Crippen LogP contribution is 2.12. The zero-order valence-corrected chi connectivity index (χ0v) is 9.70. The molecular weight excluding hydrogens is 219 g/mol. The summed E-state index contributed by atoms with van der Waals surface area (Å²) in [6.07, 6.45) is 4.63. The number of halogens is 1. The Balaban J connectivity index is 1.95. The molecule has 17 heavy (non-hydrogen) atoms. The average Bonchev–Trinajstić information content (AvgIpc) is 2.84. The Kier molecular flexibility index (Phi) is 3.69. The Bertz CT molecular complexity index is 467. The second kappa shape index (κ2) is 5.43. The number of anilines is 1. The predicted octanol–water partition coefficient (Wildman–Crippen LogP) is 2.16. The van der Waals surface area contributed by atoms with Crippen molar-refractivity contribution in [3.8, 4) is 0 Å². The molecule has 0 unspecified atom stereocenters. The van der Waals surface area contributed by atoms with Crippen molar-refractivity contribution in [1.82, 2.24) is 15.0 Å². The maximum absolute atomic E-state index is 13.7. The molecule has 0 fully saturated rings. The van der Waals surface area contributed by atoms with E-state index >= 15 is 0 Å². The summed E-state index contributed by atoms with van der Waals surface area (Å²) in [7, 11) is 0. The van der Waals surface area contributed by atoms with Crippen molar-refractivity contribution in [2.45, 2.75) is 19.8 Å². The number of H-pyrrole nitrogens is 1. The van der Waals surface area contributed by atoms with Crippen molar-refractivity contribution in [1.29, 1.82) is 0 Å².